The fourth-order valence-electron chi connectivity index (χ4n) is 1.69. The van der Waals surface area contributed by atoms with Gasteiger partial charge in [0.05, 0.1) is 13.7 Å². The van der Waals surface area contributed by atoms with Gasteiger partial charge in [0, 0.05) is 42.3 Å². The molecular formula is C13H16BrN3O2. The predicted octanol–water partition coefficient (Wildman–Crippen LogP) is 3.04. The number of benzene rings is 1. The molecule has 0 aliphatic carbocycles. The van der Waals surface area contributed by atoms with E-state index in [2.05, 4.69) is 26.2 Å². The van der Waals surface area contributed by atoms with Crippen molar-refractivity contribution in [3.63, 3.8) is 0 Å². The number of methoxy groups -OCH3 is 2. The largest absolute Gasteiger partial charge is 0.497 e. The highest BCUT2D eigenvalue weighted by atomic mass is 79.9. The summed E-state index contributed by atoms with van der Waals surface area (Å²) in [6.07, 6.45) is 3.67. The van der Waals surface area contributed by atoms with Gasteiger partial charge >= 0.3 is 0 Å². The molecule has 1 heterocycles. The minimum absolute atomic E-state index is 0.646. The Kier molecular flexibility index (Phi) is 4.81. The molecule has 0 amide bonds. The Labute approximate surface area is 120 Å². The molecule has 2 rings (SSSR count). The third-order valence-corrected chi connectivity index (χ3v) is 3.07. The van der Waals surface area contributed by atoms with Crippen LogP contribution in [0.3, 0.4) is 0 Å². The smallest absolute Gasteiger partial charge is 0.207 e. The van der Waals surface area contributed by atoms with Crippen molar-refractivity contribution >= 4 is 27.6 Å². The predicted molar refractivity (Wildman–Crippen MR) is 78.1 cm³/mol. The molecule has 1 aromatic heterocycles. The number of halogens is 1. The minimum Gasteiger partial charge on any atom is -0.497 e. The summed E-state index contributed by atoms with van der Waals surface area (Å²) in [5, 5.41) is 3.26. The monoisotopic (exact) mass is 325 g/mol. The molecule has 0 aliphatic heterocycles. The lowest BCUT2D eigenvalue weighted by molar-refractivity contribution is 0.188. The van der Waals surface area contributed by atoms with Gasteiger partial charge in [-0.15, -0.1) is 0 Å². The molecule has 1 N–H and O–H groups in total. The van der Waals surface area contributed by atoms with E-state index in [-0.39, 0.29) is 0 Å². The van der Waals surface area contributed by atoms with Gasteiger partial charge in [-0.2, -0.15) is 0 Å². The van der Waals surface area contributed by atoms with E-state index in [4.69, 9.17) is 9.47 Å². The summed E-state index contributed by atoms with van der Waals surface area (Å²) in [5.41, 5.74) is 0.913. The molecule has 0 unspecified atom stereocenters. The van der Waals surface area contributed by atoms with Crippen LogP contribution in [-0.2, 0) is 11.3 Å². The number of imidazole rings is 1. The molecule has 0 aliphatic rings. The van der Waals surface area contributed by atoms with E-state index in [0.717, 1.165) is 28.4 Å². The van der Waals surface area contributed by atoms with E-state index in [9.17, 15) is 0 Å². The maximum absolute atomic E-state index is 5.23. The van der Waals surface area contributed by atoms with Crippen molar-refractivity contribution in [3.8, 4) is 5.75 Å². The molecule has 0 fully saturated rings. The molecule has 19 heavy (non-hydrogen) atoms. The first-order valence-corrected chi connectivity index (χ1v) is 6.64. The van der Waals surface area contributed by atoms with Crippen LogP contribution in [0, 0.1) is 0 Å². The molecule has 6 heteroatoms. The van der Waals surface area contributed by atoms with Crippen LogP contribution in [0.5, 0.6) is 5.75 Å². The Morgan fingerprint density at radius 1 is 1.32 bits per heavy atom. The standard InChI is InChI=1S/C13H16BrN3O2/c1-18-6-5-17-4-3-15-13(17)16-11-7-10(14)8-12(9-11)19-2/h3-4,7-9H,5-6H2,1-2H3,(H,15,16). The van der Waals surface area contributed by atoms with E-state index >= 15 is 0 Å². The van der Waals surface area contributed by atoms with E-state index in [1.165, 1.54) is 0 Å². The highest BCUT2D eigenvalue weighted by Crippen LogP contribution is 2.26. The first-order valence-electron chi connectivity index (χ1n) is 5.84. The molecule has 0 saturated heterocycles. The van der Waals surface area contributed by atoms with Crippen LogP contribution in [-0.4, -0.2) is 30.4 Å². The number of aromatic nitrogens is 2. The Balaban J connectivity index is 2.16. The van der Waals surface area contributed by atoms with E-state index < -0.39 is 0 Å². The van der Waals surface area contributed by atoms with Crippen LogP contribution in [0.25, 0.3) is 0 Å². The normalized spacial score (nSPS) is 10.5. The number of rotatable bonds is 6. The van der Waals surface area contributed by atoms with Crippen molar-refractivity contribution in [2.75, 3.05) is 26.1 Å². The minimum atomic E-state index is 0.646. The Morgan fingerprint density at radius 3 is 2.89 bits per heavy atom. The molecule has 0 spiro atoms. The second-order valence-electron chi connectivity index (χ2n) is 3.94. The van der Waals surface area contributed by atoms with Crippen molar-refractivity contribution in [1.29, 1.82) is 0 Å². The Morgan fingerprint density at radius 2 is 2.16 bits per heavy atom. The number of anilines is 2. The van der Waals surface area contributed by atoms with Crippen LogP contribution in [0.15, 0.2) is 35.1 Å². The maximum atomic E-state index is 5.23. The molecule has 102 valence electrons. The van der Waals surface area contributed by atoms with Crippen LogP contribution >= 0.6 is 15.9 Å². The summed E-state index contributed by atoms with van der Waals surface area (Å²) in [6, 6.07) is 5.79. The first kappa shape index (κ1) is 13.9. The van der Waals surface area contributed by atoms with Gasteiger partial charge in [-0.1, -0.05) is 15.9 Å². The zero-order valence-electron chi connectivity index (χ0n) is 10.9. The zero-order valence-corrected chi connectivity index (χ0v) is 12.5. The summed E-state index contributed by atoms with van der Waals surface area (Å²) in [5.74, 6) is 1.56. The van der Waals surface area contributed by atoms with Gasteiger partial charge in [-0.05, 0) is 12.1 Å². The molecule has 2 aromatic rings. The second-order valence-corrected chi connectivity index (χ2v) is 4.86. The molecule has 0 saturated carbocycles. The third-order valence-electron chi connectivity index (χ3n) is 2.61. The van der Waals surface area contributed by atoms with Crippen LogP contribution in [0.4, 0.5) is 11.6 Å². The SMILES string of the molecule is COCCn1ccnc1Nc1cc(Br)cc(OC)c1. The van der Waals surface area contributed by atoms with Gasteiger partial charge < -0.3 is 19.4 Å². The highest BCUT2D eigenvalue weighted by molar-refractivity contribution is 9.10. The number of nitrogens with one attached hydrogen (secondary N) is 1. The molecule has 0 radical (unpaired) electrons. The molecule has 1 aromatic carbocycles. The zero-order chi connectivity index (χ0) is 13.7. The van der Waals surface area contributed by atoms with Gasteiger partial charge in [0.1, 0.15) is 5.75 Å². The average Bonchev–Trinajstić information content (AvgIpc) is 2.83. The summed E-state index contributed by atoms with van der Waals surface area (Å²) in [6.45, 7) is 1.40. The van der Waals surface area contributed by atoms with Crippen molar-refractivity contribution < 1.29 is 9.47 Å². The van der Waals surface area contributed by atoms with Crippen molar-refractivity contribution in [1.82, 2.24) is 9.55 Å². The summed E-state index contributed by atoms with van der Waals surface area (Å²) >= 11 is 3.45. The summed E-state index contributed by atoms with van der Waals surface area (Å²) in [7, 11) is 3.33. The van der Waals surface area contributed by atoms with E-state index in [0.29, 0.717) is 6.61 Å². The first-order chi connectivity index (χ1) is 9.22. The average molecular weight is 326 g/mol. The van der Waals surface area contributed by atoms with Crippen molar-refractivity contribution in [3.05, 3.63) is 35.1 Å². The quantitative estimate of drug-likeness (QED) is 0.886. The van der Waals surface area contributed by atoms with Gasteiger partial charge in [-0.3, -0.25) is 0 Å². The lowest BCUT2D eigenvalue weighted by Crippen LogP contribution is -2.07. The lowest BCUT2D eigenvalue weighted by Gasteiger charge is -2.11. The third kappa shape index (κ3) is 3.71. The topological polar surface area (TPSA) is 48.3 Å². The van der Waals surface area contributed by atoms with Gasteiger partial charge in [0.15, 0.2) is 0 Å². The van der Waals surface area contributed by atoms with Crippen LogP contribution in [0.1, 0.15) is 0 Å². The summed E-state index contributed by atoms with van der Waals surface area (Å²) < 4.78 is 13.3. The van der Waals surface area contributed by atoms with Crippen LogP contribution < -0.4 is 10.1 Å². The number of ether oxygens (including phenoxy) is 2. The summed E-state index contributed by atoms with van der Waals surface area (Å²) in [4.78, 5) is 4.29. The molecule has 5 nitrogen and oxygen atoms in total. The number of hydrogen-bond acceptors (Lipinski definition) is 4. The van der Waals surface area contributed by atoms with Crippen molar-refractivity contribution in [2.45, 2.75) is 6.54 Å². The number of nitrogens with zero attached hydrogens (tertiary/aromatic N) is 2. The van der Waals surface area contributed by atoms with Crippen LogP contribution in [0.2, 0.25) is 0 Å². The fraction of sp³-hybridized carbons (Fsp3) is 0.308. The Hall–Kier alpha value is -1.53. The lowest BCUT2D eigenvalue weighted by atomic mass is 10.3. The van der Waals surface area contributed by atoms with E-state index in [1.54, 1.807) is 20.4 Å². The molecule has 0 bridgehead atoms. The maximum Gasteiger partial charge on any atom is 0.207 e. The Bertz CT molecular complexity index is 542. The molecule has 0 atom stereocenters. The van der Waals surface area contributed by atoms with Crippen molar-refractivity contribution in [2.24, 2.45) is 0 Å². The van der Waals surface area contributed by atoms with E-state index in [1.807, 2.05) is 29.0 Å². The molecular weight excluding hydrogens is 310 g/mol. The van der Waals surface area contributed by atoms with Gasteiger partial charge in [0.25, 0.3) is 0 Å². The second kappa shape index (κ2) is 6.58. The fourth-order valence-corrected chi connectivity index (χ4v) is 2.16. The van der Waals surface area contributed by atoms with Gasteiger partial charge in [0.2, 0.25) is 5.95 Å². The highest BCUT2D eigenvalue weighted by Gasteiger charge is 2.05. The number of hydrogen-bond donors (Lipinski definition) is 1. The van der Waals surface area contributed by atoms with Gasteiger partial charge in [-0.25, -0.2) is 4.98 Å².